The van der Waals surface area contributed by atoms with Crippen LogP contribution in [-0.2, 0) is 33.8 Å². The predicted octanol–water partition coefficient (Wildman–Crippen LogP) is 12.5. The van der Waals surface area contributed by atoms with Crippen LogP contribution in [0.2, 0.25) is 0 Å². The van der Waals surface area contributed by atoms with E-state index >= 15 is 0 Å². The van der Waals surface area contributed by atoms with E-state index in [0.29, 0.717) is 31.9 Å². The van der Waals surface area contributed by atoms with Gasteiger partial charge in [-0.15, -0.1) is 0 Å². The normalized spacial score (nSPS) is 12.0. The summed E-state index contributed by atoms with van der Waals surface area (Å²) in [5, 5.41) is 0. The smallest absolute Gasteiger partial charge is 0.306 e. The molecule has 0 amide bonds. The van der Waals surface area contributed by atoms with E-state index in [0.717, 1.165) is 122 Å². The van der Waals surface area contributed by atoms with Crippen molar-refractivity contribution in [2.24, 2.45) is 5.92 Å². The minimum Gasteiger partial charge on any atom is -0.466 e. The Labute approximate surface area is 360 Å². The fourth-order valence-corrected chi connectivity index (χ4v) is 8.68. The molecule has 9 nitrogen and oxygen atoms in total. The summed E-state index contributed by atoms with van der Waals surface area (Å²) in [5.74, 6) is 0.608. The molecule has 0 aromatic rings. The number of nitrogens with one attached hydrogen (secondary N) is 1. The molecule has 0 rings (SSSR count). The first kappa shape index (κ1) is 56.8. The van der Waals surface area contributed by atoms with Gasteiger partial charge < -0.3 is 19.1 Å². The standard InChI is InChI=1S/C48H96N2O7S/c1-6-10-14-18-24-33-46(34-25-19-15-11-7-2)57-48(52)36-27-21-17-23-29-40-50(41-30-38-49-58(53,54)44-43-55-5)39-28-22-16-20-26-35-47(51)56-42-37-45(31-12-8-3)32-13-9-4/h45-46,49H,6-44H2,1-5H3. The van der Waals surface area contributed by atoms with Gasteiger partial charge in [0.25, 0.3) is 0 Å². The highest BCUT2D eigenvalue weighted by molar-refractivity contribution is 7.89. The van der Waals surface area contributed by atoms with Gasteiger partial charge in [0.2, 0.25) is 10.0 Å². The van der Waals surface area contributed by atoms with Crippen molar-refractivity contribution >= 4 is 22.0 Å². The molecule has 0 aromatic heterocycles. The number of ether oxygens (including phenoxy) is 3. The van der Waals surface area contributed by atoms with Crippen LogP contribution < -0.4 is 4.72 Å². The molecule has 0 fully saturated rings. The van der Waals surface area contributed by atoms with Crippen molar-refractivity contribution in [3.63, 3.8) is 0 Å². The summed E-state index contributed by atoms with van der Waals surface area (Å²) in [6.45, 7) is 13.0. The van der Waals surface area contributed by atoms with Crippen molar-refractivity contribution in [2.45, 2.75) is 239 Å². The van der Waals surface area contributed by atoms with Gasteiger partial charge in [-0.3, -0.25) is 9.59 Å². The van der Waals surface area contributed by atoms with Crippen LogP contribution >= 0.6 is 0 Å². The Morgan fingerprint density at radius 2 is 0.983 bits per heavy atom. The zero-order valence-corrected chi connectivity index (χ0v) is 39.8. The van der Waals surface area contributed by atoms with Crippen molar-refractivity contribution in [2.75, 3.05) is 52.3 Å². The van der Waals surface area contributed by atoms with Crippen molar-refractivity contribution < 1.29 is 32.2 Å². The summed E-state index contributed by atoms with van der Waals surface area (Å²) in [6.07, 6.45) is 35.3. The van der Waals surface area contributed by atoms with Crippen LogP contribution in [0, 0.1) is 5.92 Å². The molecule has 0 saturated heterocycles. The number of carbonyl (C=O) groups is 2. The molecule has 10 heteroatoms. The average Bonchev–Trinajstić information content (AvgIpc) is 3.20. The van der Waals surface area contributed by atoms with Crippen molar-refractivity contribution in [3.8, 4) is 0 Å². The largest absolute Gasteiger partial charge is 0.466 e. The third kappa shape index (κ3) is 38.9. The molecule has 0 unspecified atom stereocenters. The number of nitrogens with zero attached hydrogens (tertiary/aromatic N) is 1. The van der Waals surface area contributed by atoms with Crippen LogP contribution in [0.5, 0.6) is 0 Å². The molecule has 0 aliphatic heterocycles. The van der Waals surface area contributed by atoms with Gasteiger partial charge in [0, 0.05) is 26.5 Å². The van der Waals surface area contributed by atoms with Gasteiger partial charge in [-0.05, 0) is 89.8 Å². The number of esters is 2. The lowest BCUT2D eigenvalue weighted by molar-refractivity contribution is -0.150. The van der Waals surface area contributed by atoms with Gasteiger partial charge in [0.1, 0.15) is 6.10 Å². The maximum absolute atomic E-state index is 12.8. The summed E-state index contributed by atoms with van der Waals surface area (Å²) < 4.78 is 43.7. The average molecular weight is 845 g/mol. The van der Waals surface area contributed by atoms with Crippen molar-refractivity contribution in [3.05, 3.63) is 0 Å². The Morgan fingerprint density at radius 1 is 0.517 bits per heavy atom. The molecular weight excluding hydrogens is 749 g/mol. The van der Waals surface area contributed by atoms with E-state index in [4.69, 9.17) is 14.2 Å². The van der Waals surface area contributed by atoms with E-state index in [1.807, 2.05) is 0 Å². The molecular formula is C48H96N2O7S. The number of rotatable bonds is 46. The second-order valence-electron chi connectivity index (χ2n) is 17.1. The number of hydrogen-bond acceptors (Lipinski definition) is 8. The van der Waals surface area contributed by atoms with Crippen LogP contribution in [0.1, 0.15) is 233 Å². The molecule has 0 radical (unpaired) electrons. The third-order valence-electron chi connectivity index (χ3n) is 11.5. The second kappa shape index (κ2) is 42.5. The first-order valence-electron chi connectivity index (χ1n) is 24.7. The maximum Gasteiger partial charge on any atom is 0.306 e. The minimum absolute atomic E-state index is 0.0138. The molecule has 0 atom stereocenters. The number of unbranched alkanes of at least 4 members (excludes halogenated alkanes) is 18. The summed E-state index contributed by atoms with van der Waals surface area (Å²) in [4.78, 5) is 27.6. The summed E-state index contributed by atoms with van der Waals surface area (Å²) >= 11 is 0. The minimum atomic E-state index is -3.31. The monoisotopic (exact) mass is 845 g/mol. The van der Waals surface area contributed by atoms with E-state index in [2.05, 4.69) is 37.3 Å². The lowest BCUT2D eigenvalue weighted by Crippen LogP contribution is -2.33. The maximum atomic E-state index is 12.8. The van der Waals surface area contributed by atoms with Crippen molar-refractivity contribution in [1.29, 1.82) is 0 Å². The Hall–Kier alpha value is -1.23. The zero-order chi connectivity index (χ0) is 42.8. The van der Waals surface area contributed by atoms with Crippen LogP contribution in [0.4, 0.5) is 0 Å². The lowest BCUT2D eigenvalue weighted by atomic mass is 9.93. The first-order valence-corrected chi connectivity index (χ1v) is 26.4. The van der Waals surface area contributed by atoms with Gasteiger partial charge in [-0.1, -0.05) is 156 Å². The molecule has 0 aliphatic rings. The fourth-order valence-electron chi connectivity index (χ4n) is 7.69. The van der Waals surface area contributed by atoms with Gasteiger partial charge >= 0.3 is 11.9 Å². The topological polar surface area (TPSA) is 111 Å². The second-order valence-corrected chi connectivity index (χ2v) is 19.0. The van der Waals surface area contributed by atoms with Crippen LogP contribution in [0.15, 0.2) is 0 Å². The number of hydrogen-bond donors (Lipinski definition) is 1. The van der Waals surface area contributed by atoms with E-state index in [-0.39, 0.29) is 30.4 Å². The quantitative estimate of drug-likeness (QED) is 0.0476. The van der Waals surface area contributed by atoms with Gasteiger partial charge in [-0.25, -0.2) is 13.1 Å². The number of methoxy groups -OCH3 is 1. The van der Waals surface area contributed by atoms with E-state index in [1.165, 1.54) is 97.0 Å². The van der Waals surface area contributed by atoms with Crippen LogP contribution in [-0.4, -0.2) is 83.6 Å². The van der Waals surface area contributed by atoms with Crippen molar-refractivity contribution in [1.82, 2.24) is 9.62 Å². The zero-order valence-electron chi connectivity index (χ0n) is 38.9. The molecule has 0 saturated carbocycles. The Kier molecular flexibility index (Phi) is 41.6. The highest BCUT2D eigenvalue weighted by Crippen LogP contribution is 2.21. The number of carbonyl (C=O) groups excluding carboxylic acids is 2. The lowest BCUT2D eigenvalue weighted by Gasteiger charge is -2.22. The molecule has 0 spiro atoms. The molecule has 0 aliphatic carbocycles. The molecule has 346 valence electrons. The molecule has 58 heavy (non-hydrogen) atoms. The number of sulfonamides is 1. The third-order valence-corrected chi connectivity index (χ3v) is 12.9. The van der Waals surface area contributed by atoms with E-state index < -0.39 is 10.0 Å². The molecule has 1 N–H and O–H groups in total. The molecule has 0 heterocycles. The van der Waals surface area contributed by atoms with Gasteiger partial charge in [0.05, 0.1) is 19.0 Å². The van der Waals surface area contributed by atoms with E-state index in [9.17, 15) is 18.0 Å². The molecule has 0 aromatic carbocycles. The summed E-state index contributed by atoms with van der Waals surface area (Å²) in [6, 6.07) is 0. The van der Waals surface area contributed by atoms with Gasteiger partial charge in [-0.2, -0.15) is 0 Å². The first-order chi connectivity index (χ1) is 28.2. The Bertz CT molecular complexity index is 990. The summed E-state index contributed by atoms with van der Waals surface area (Å²) in [7, 11) is -1.80. The molecule has 0 bridgehead atoms. The van der Waals surface area contributed by atoms with E-state index in [1.54, 1.807) is 0 Å². The van der Waals surface area contributed by atoms with Crippen LogP contribution in [0.3, 0.4) is 0 Å². The van der Waals surface area contributed by atoms with Crippen LogP contribution in [0.25, 0.3) is 0 Å². The highest BCUT2D eigenvalue weighted by Gasteiger charge is 2.15. The summed E-state index contributed by atoms with van der Waals surface area (Å²) in [5.41, 5.74) is 0. The SMILES string of the molecule is CCCCCCCC(CCCCCCC)OC(=O)CCCCCCCN(CCCCCCCC(=O)OCCC(CCCC)CCCC)CCCNS(=O)(=O)CCOC. The Balaban J connectivity index is 4.53. The fraction of sp³-hybridized carbons (Fsp3) is 0.958. The van der Waals surface area contributed by atoms with Gasteiger partial charge in [0.15, 0.2) is 0 Å². The highest BCUT2D eigenvalue weighted by atomic mass is 32.2. The Morgan fingerprint density at radius 3 is 1.52 bits per heavy atom. The predicted molar refractivity (Wildman–Crippen MR) is 245 cm³/mol.